The van der Waals surface area contributed by atoms with E-state index in [1.54, 1.807) is 0 Å². The van der Waals surface area contributed by atoms with Crippen molar-refractivity contribution in [3.05, 3.63) is 24.3 Å². The van der Waals surface area contributed by atoms with E-state index < -0.39 is 6.09 Å². The van der Waals surface area contributed by atoms with Gasteiger partial charge in [0.2, 0.25) is 0 Å². The van der Waals surface area contributed by atoms with Crippen LogP contribution in [0.25, 0.3) is 0 Å². The summed E-state index contributed by atoms with van der Waals surface area (Å²) >= 11 is 0. The number of nitrogens with zero attached hydrogens (tertiary/aromatic N) is 2. The zero-order valence-corrected chi connectivity index (χ0v) is 14.8. The molecule has 1 aliphatic rings. The molecule has 6 nitrogen and oxygen atoms in total. The van der Waals surface area contributed by atoms with E-state index >= 15 is 0 Å². The van der Waals surface area contributed by atoms with Crippen molar-refractivity contribution < 1.29 is 9.90 Å². The second-order valence-electron chi connectivity index (χ2n) is 6.72. The lowest BCUT2D eigenvalue weighted by Gasteiger charge is -2.26. The summed E-state index contributed by atoms with van der Waals surface area (Å²) in [6.07, 6.45) is 0.0277. The lowest BCUT2D eigenvalue weighted by atomic mass is 10.2. The summed E-state index contributed by atoms with van der Waals surface area (Å²) in [5.74, 6) is 0.602. The Hall–Kier alpha value is -1.95. The fraction of sp³-hybridized carbons (Fsp3) is 0.611. The van der Waals surface area contributed by atoms with Gasteiger partial charge in [0.15, 0.2) is 0 Å². The van der Waals surface area contributed by atoms with Gasteiger partial charge < -0.3 is 25.5 Å². The Morgan fingerprint density at radius 1 is 1.08 bits per heavy atom. The number of fused-ring (bicyclic) bond motifs is 1. The average molecular weight is 334 g/mol. The van der Waals surface area contributed by atoms with Crippen LogP contribution in [0.5, 0.6) is 0 Å². The Labute approximate surface area is 144 Å². The maximum Gasteiger partial charge on any atom is 0.407 e. The third-order valence-electron chi connectivity index (χ3n) is 4.16. The fourth-order valence-electron chi connectivity index (χ4n) is 3.06. The van der Waals surface area contributed by atoms with Crippen molar-refractivity contribution >= 4 is 17.5 Å². The Bertz CT molecular complexity index is 521. The molecule has 0 saturated carbocycles. The van der Waals surface area contributed by atoms with Crippen LogP contribution in [-0.2, 0) is 0 Å². The highest BCUT2D eigenvalue weighted by atomic mass is 16.4. The topological polar surface area (TPSA) is 67.8 Å². The molecule has 0 atom stereocenters. The summed E-state index contributed by atoms with van der Waals surface area (Å²) in [4.78, 5) is 15.3. The van der Waals surface area contributed by atoms with Gasteiger partial charge >= 0.3 is 6.09 Å². The van der Waals surface area contributed by atoms with E-state index in [2.05, 4.69) is 35.4 Å². The van der Waals surface area contributed by atoms with Gasteiger partial charge in [-0.2, -0.15) is 0 Å². The van der Waals surface area contributed by atoms with Gasteiger partial charge in [0.25, 0.3) is 0 Å². The molecule has 3 N–H and O–H groups in total. The summed E-state index contributed by atoms with van der Waals surface area (Å²) in [7, 11) is 0. The highest BCUT2D eigenvalue weighted by Gasteiger charge is 2.14. The third-order valence-corrected chi connectivity index (χ3v) is 4.16. The molecular weight excluding hydrogens is 304 g/mol. The number of nitrogens with one attached hydrogen (secondary N) is 2. The van der Waals surface area contributed by atoms with Gasteiger partial charge in [-0.1, -0.05) is 26.0 Å². The van der Waals surface area contributed by atoms with Gasteiger partial charge in [0.1, 0.15) is 0 Å². The molecule has 1 aliphatic heterocycles. The van der Waals surface area contributed by atoms with Crippen LogP contribution in [0.2, 0.25) is 0 Å². The molecule has 0 radical (unpaired) electrons. The molecule has 1 amide bonds. The van der Waals surface area contributed by atoms with Gasteiger partial charge in [-0.15, -0.1) is 0 Å². The third kappa shape index (κ3) is 5.92. The minimum atomic E-state index is -0.839. The molecule has 0 aromatic heterocycles. The van der Waals surface area contributed by atoms with E-state index in [9.17, 15) is 9.90 Å². The van der Waals surface area contributed by atoms with Crippen LogP contribution in [-0.4, -0.2) is 66.8 Å². The number of rotatable bonds is 2. The predicted octanol–water partition coefficient (Wildman–Crippen LogP) is 2.85. The average Bonchev–Trinajstić information content (AvgIpc) is 2.54. The molecule has 0 fully saturated rings. The van der Waals surface area contributed by atoms with Gasteiger partial charge in [-0.05, 0) is 31.0 Å². The number of amides is 1. The lowest BCUT2D eigenvalue weighted by molar-refractivity contribution is 0.143. The first kappa shape index (κ1) is 18.4. The number of carbonyl (C=O) groups is 1. The van der Waals surface area contributed by atoms with Crippen LogP contribution in [0, 0.1) is 5.92 Å². The first-order valence-electron chi connectivity index (χ1n) is 8.83. The quantitative estimate of drug-likeness (QED) is 0.776. The standard InChI is InChI=1S/C18H30N4O2/c1-15(2)14-21-10-5-11-22(18(23)24)13-9-20-17-7-4-3-6-16(17)19-8-12-21/h3-4,6-7,15,19-20H,5,8-14H2,1-2H3,(H,23,24). The Balaban J connectivity index is 2.08. The van der Waals surface area contributed by atoms with Gasteiger partial charge in [0, 0.05) is 39.3 Å². The smallest absolute Gasteiger partial charge is 0.407 e. The van der Waals surface area contributed by atoms with Crippen molar-refractivity contribution in [2.75, 3.05) is 56.4 Å². The predicted molar refractivity (Wildman–Crippen MR) is 98.9 cm³/mol. The molecule has 0 aliphatic carbocycles. The van der Waals surface area contributed by atoms with E-state index in [1.165, 1.54) is 4.90 Å². The summed E-state index contributed by atoms with van der Waals surface area (Å²) < 4.78 is 0. The van der Waals surface area contributed by atoms with Gasteiger partial charge in [0.05, 0.1) is 11.4 Å². The van der Waals surface area contributed by atoms with Crippen molar-refractivity contribution in [2.24, 2.45) is 5.92 Å². The molecule has 2 rings (SSSR count). The first-order valence-corrected chi connectivity index (χ1v) is 8.83. The molecule has 1 aromatic rings. The minimum Gasteiger partial charge on any atom is -0.465 e. The number of carboxylic acid groups (broad SMARTS) is 1. The summed E-state index contributed by atoms with van der Waals surface area (Å²) in [6, 6.07) is 8.09. The number of para-hydroxylation sites is 2. The molecule has 134 valence electrons. The molecule has 1 heterocycles. The van der Waals surface area contributed by atoms with E-state index in [0.717, 1.165) is 44.0 Å². The normalized spacial score (nSPS) is 17.7. The highest BCUT2D eigenvalue weighted by Crippen LogP contribution is 2.20. The number of hydrogen-bond donors (Lipinski definition) is 3. The lowest BCUT2D eigenvalue weighted by Crippen LogP contribution is -2.37. The van der Waals surface area contributed by atoms with Crippen molar-refractivity contribution in [3.8, 4) is 0 Å². The fourth-order valence-corrected chi connectivity index (χ4v) is 3.06. The van der Waals surface area contributed by atoms with Crippen LogP contribution in [0.15, 0.2) is 24.3 Å². The van der Waals surface area contributed by atoms with Crippen molar-refractivity contribution in [1.82, 2.24) is 9.80 Å². The van der Waals surface area contributed by atoms with Crippen molar-refractivity contribution in [2.45, 2.75) is 20.3 Å². The number of benzene rings is 1. The van der Waals surface area contributed by atoms with Crippen LogP contribution in [0.3, 0.4) is 0 Å². The SMILES string of the molecule is CC(C)CN1CCCN(C(=O)O)CCNc2ccccc2NCC1. The maximum absolute atomic E-state index is 11.4. The van der Waals surface area contributed by atoms with Gasteiger partial charge in [-0.25, -0.2) is 4.79 Å². The van der Waals surface area contributed by atoms with Crippen molar-refractivity contribution in [1.29, 1.82) is 0 Å². The first-order chi connectivity index (χ1) is 11.6. The zero-order valence-electron chi connectivity index (χ0n) is 14.8. The molecule has 0 unspecified atom stereocenters. The summed E-state index contributed by atoms with van der Waals surface area (Å²) in [5.41, 5.74) is 2.10. The van der Waals surface area contributed by atoms with E-state index in [4.69, 9.17) is 0 Å². The Kier molecular flexibility index (Phi) is 7.18. The molecule has 0 bridgehead atoms. The monoisotopic (exact) mass is 334 g/mol. The molecule has 0 saturated heterocycles. The van der Waals surface area contributed by atoms with E-state index in [0.29, 0.717) is 25.6 Å². The molecule has 0 spiro atoms. The molecule has 6 heteroatoms. The second kappa shape index (κ2) is 9.37. The van der Waals surface area contributed by atoms with Crippen molar-refractivity contribution in [3.63, 3.8) is 0 Å². The van der Waals surface area contributed by atoms with Crippen LogP contribution in [0.4, 0.5) is 16.2 Å². The molecular formula is C18H30N4O2. The second-order valence-corrected chi connectivity index (χ2v) is 6.72. The Morgan fingerprint density at radius 3 is 2.29 bits per heavy atom. The van der Waals surface area contributed by atoms with Crippen LogP contribution < -0.4 is 10.6 Å². The summed E-state index contributed by atoms with van der Waals surface area (Å²) in [5, 5.41) is 16.2. The summed E-state index contributed by atoms with van der Waals surface area (Å²) in [6.45, 7) is 9.94. The van der Waals surface area contributed by atoms with Gasteiger partial charge in [-0.3, -0.25) is 0 Å². The maximum atomic E-state index is 11.4. The van der Waals surface area contributed by atoms with E-state index in [1.807, 2.05) is 18.2 Å². The van der Waals surface area contributed by atoms with E-state index in [-0.39, 0.29) is 0 Å². The largest absolute Gasteiger partial charge is 0.465 e. The van der Waals surface area contributed by atoms with Crippen LogP contribution in [0.1, 0.15) is 20.3 Å². The highest BCUT2D eigenvalue weighted by molar-refractivity contribution is 5.69. The minimum absolute atomic E-state index is 0.494. The van der Waals surface area contributed by atoms with Crippen LogP contribution >= 0.6 is 0 Å². The Morgan fingerprint density at radius 2 is 1.71 bits per heavy atom. The number of anilines is 2. The zero-order chi connectivity index (χ0) is 17.4. The number of hydrogen-bond acceptors (Lipinski definition) is 4. The molecule has 24 heavy (non-hydrogen) atoms. The molecule has 1 aromatic carbocycles.